The highest BCUT2D eigenvalue weighted by atomic mass is 32.2. The zero-order valence-electron chi connectivity index (χ0n) is 18.2. The quantitative estimate of drug-likeness (QED) is 0.515. The molecule has 0 aliphatic carbocycles. The van der Waals surface area contributed by atoms with E-state index < -0.39 is 21.9 Å². The Bertz CT molecular complexity index is 1230. The summed E-state index contributed by atoms with van der Waals surface area (Å²) in [5.41, 5.74) is 3.17. The average Bonchev–Trinajstić information content (AvgIpc) is 3.18. The largest absolute Gasteiger partial charge is 0.462 e. The van der Waals surface area contributed by atoms with Crippen LogP contribution in [0.15, 0.2) is 58.8 Å². The molecule has 0 spiro atoms. The lowest BCUT2D eigenvalue weighted by Gasteiger charge is -2.12. The number of amides is 1. The molecule has 0 aliphatic heterocycles. The second-order valence-corrected chi connectivity index (χ2v) is 10.2. The molecule has 168 valence electrons. The van der Waals surface area contributed by atoms with E-state index in [1.807, 2.05) is 31.2 Å². The van der Waals surface area contributed by atoms with Crippen LogP contribution in [0.5, 0.6) is 0 Å². The molecule has 0 saturated heterocycles. The van der Waals surface area contributed by atoms with Gasteiger partial charge in [-0.1, -0.05) is 29.8 Å². The highest BCUT2D eigenvalue weighted by Gasteiger charge is 2.23. The molecule has 0 aliphatic rings. The van der Waals surface area contributed by atoms with E-state index in [-0.39, 0.29) is 17.1 Å². The van der Waals surface area contributed by atoms with Gasteiger partial charge in [-0.25, -0.2) is 17.5 Å². The molecule has 0 radical (unpaired) electrons. The number of rotatable bonds is 7. The van der Waals surface area contributed by atoms with Crippen LogP contribution >= 0.6 is 11.3 Å². The maximum absolute atomic E-state index is 12.8. The summed E-state index contributed by atoms with van der Waals surface area (Å²) in [4.78, 5) is 25.6. The number of aryl methyl sites for hydroxylation is 1. The van der Waals surface area contributed by atoms with Crippen LogP contribution in [-0.4, -0.2) is 45.3 Å². The fourth-order valence-corrected chi connectivity index (χ4v) is 4.82. The maximum atomic E-state index is 12.8. The number of nitrogens with one attached hydrogen (secondary N) is 1. The number of sulfonamides is 1. The highest BCUT2D eigenvalue weighted by Crippen LogP contribution is 2.36. The molecule has 0 fully saturated rings. The first-order valence-corrected chi connectivity index (χ1v) is 12.2. The molecule has 1 heterocycles. The van der Waals surface area contributed by atoms with Crippen LogP contribution in [-0.2, 0) is 14.8 Å². The minimum atomic E-state index is -3.59. The van der Waals surface area contributed by atoms with Crippen molar-refractivity contribution >= 4 is 38.2 Å². The molecular formula is C23H24N2O5S2. The lowest BCUT2D eigenvalue weighted by molar-refractivity contribution is 0.0529. The molecule has 0 saturated carbocycles. The first-order valence-electron chi connectivity index (χ1n) is 9.84. The molecule has 3 aromatic rings. The molecule has 7 nitrogen and oxygen atoms in total. The van der Waals surface area contributed by atoms with Gasteiger partial charge in [-0.2, -0.15) is 0 Å². The van der Waals surface area contributed by atoms with Gasteiger partial charge in [0.25, 0.3) is 5.91 Å². The van der Waals surface area contributed by atoms with Crippen molar-refractivity contribution in [3.05, 3.63) is 70.6 Å². The molecule has 0 unspecified atom stereocenters. The third-order valence-electron chi connectivity index (χ3n) is 4.76. The minimum absolute atomic E-state index is 0.0871. The van der Waals surface area contributed by atoms with E-state index in [9.17, 15) is 18.0 Å². The second kappa shape index (κ2) is 9.64. The van der Waals surface area contributed by atoms with Gasteiger partial charge in [-0.05, 0) is 43.7 Å². The van der Waals surface area contributed by atoms with Gasteiger partial charge in [0, 0.05) is 30.6 Å². The maximum Gasteiger partial charge on any atom is 0.341 e. The van der Waals surface area contributed by atoms with Crippen LogP contribution in [0.1, 0.15) is 33.2 Å². The van der Waals surface area contributed by atoms with Gasteiger partial charge >= 0.3 is 5.97 Å². The van der Waals surface area contributed by atoms with Crippen molar-refractivity contribution < 1.29 is 22.7 Å². The topological polar surface area (TPSA) is 92.8 Å². The van der Waals surface area contributed by atoms with Crippen molar-refractivity contribution in [3.63, 3.8) is 0 Å². The van der Waals surface area contributed by atoms with E-state index in [0.29, 0.717) is 16.1 Å². The van der Waals surface area contributed by atoms with E-state index in [1.165, 1.54) is 49.7 Å². The summed E-state index contributed by atoms with van der Waals surface area (Å²) in [5, 5.41) is 4.94. The van der Waals surface area contributed by atoms with Gasteiger partial charge in [-0.3, -0.25) is 4.79 Å². The summed E-state index contributed by atoms with van der Waals surface area (Å²) in [7, 11) is -0.711. The van der Waals surface area contributed by atoms with Gasteiger partial charge in [-0.15, -0.1) is 11.3 Å². The zero-order chi connectivity index (χ0) is 23.5. The summed E-state index contributed by atoms with van der Waals surface area (Å²) >= 11 is 1.23. The summed E-state index contributed by atoms with van der Waals surface area (Å²) in [5.74, 6) is -0.978. The van der Waals surface area contributed by atoms with E-state index in [4.69, 9.17) is 4.74 Å². The number of anilines is 1. The average molecular weight is 473 g/mol. The van der Waals surface area contributed by atoms with Crippen molar-refractivity contribution in [1.82, 2.24) is 4.31 Å². The molecule has 1 aromatic heterocycles. The molecule has 3 rings (SSSR count). The number of hydrogen-bond acceptors (Lipinski definition) is 6. The van der Waals surface area contributed by atoms with Crippen LogP contribution < -0.4 is 5.32 Å². The zero-order valence-corrected chi connectivity index (χ0v) is 19.8. The normalized spacial score (nSPS) is 11.4. The standard InChI is InChI=1S/C23H24N2O5S2/c1-5-30-23(27)20-19(16-8-6-15(2)7-9-16)14-31-22(20)24-21(26)17-10-12-18(13-11-17)32(28,29)25(3)4/h6-14H,5H2,1-4H3,(H,24,26). The number of esters is 1. The Labute approximate surface area is 191 Å². The molecule has 0 atom stereocenters. The van der Waals surface area contributed by atoms with Crippen molar-refractivity contribution in [3.8, 4) is 11.1 Å². The van der Waals surface area contributed by atoms with E-state index >= 15 is 0 Å². The van der Waals surface area contributed by atoms with Crippen molar-refractivity contribution in [2.24, 2.45) is 0 Å². The summed E-state index contributed by atoms with van der Waals surface area (Å²) in [6, 6.07) is 13.3. The van der Waals surface area contributed by atoms with Crippen molar-refractivity contribution in [1.29, 1.82) is 0 Å². The Morgan fingerprint density at radius 1 is 1.03 bits per heavy atom. The number of ether oxygens (including phenoxy) is 1. The number of nitrogens with zero attached hydrogens (tertiary/aromatic N) is 1. The molecule has 0 bridgehead atoms. The monoisotopic (exact) mass is 472 g/mol. The first-order chi connectivity index (χ1) is 15.1. The molecular weight excluding hydrogens is 448 g/mol. The Morgan fingerprint density at radius 2 is 1.66 bits per heavy atom. The summed E-state index contributed by atoms with van der Waals surface area (Å²) in [6.07, 6.45) is 0. The minimum Gasteiger partial charge on any atom is -0.462 e. The molecule has 32 heavy (non-hydrogen) atoms. The number of carbonyl (C=O) groups is 2. The molecule has 9 heteroatoms. The van der Waals surface area contributed by atoms with Crippen LogP contribution in [0.25, 0.3) is 11.1 Å². The van der Waals surface area contributed by atoms with Gasteiger partial charge < -0.3 is 10.1 Å². The van der Waals surface area contributed by atoms with E-state index in [2.05, 4.69) is 5.32 Å². The number of carbonyl (C=O) groups excluding carboxylic acids is 2. The molecule has 1 N–H and O–H groups in total. The Kier molecular flexibility index (Phi) is 7.12. The predicted molar refractivity (Wildman–Crippen MR) is 126 cm³/mol. The highest BCUT2D eigenvalue weighted by molar-refractivity contribution is 7.89. The van der Waals surface area contributed by atoms with Crippen LogP contribution in [0, 0.1) is 6.92 Å². The smallest absolute Gasteiger partial charge is 0.341 e. The first kappa shape index (κ1) is 23.6. The molecule has 1 amide bonds. The lowest BCUT2D eigenvalue weighted by Crippen LogP contribution is -2.22. The predicted octanol–water partition coefficient (Wildman–Crippen LogP) is 4.40. The Balaban J connectivity index is 1.92. The summed E-state index contributed by atoms with van der Waals surface area (Å²) in [6.45, 7) is 3.90. The second-order valence-electron chi connectivity index (χ2n) is 7.21. The Hall–Kier alpha value is -3.01. The van der Waals surface area contributed by atoms with Gasteiger partial charge in [0.2, 0.25) is 10.0 Å². The number of benzene rings is 2. The lowest BCUT2D eigenvalue weighted by atomic mass is 10.0. The van der Waals surface area contributed by atoms with Crippen molar-refractivity contribution in [2.45, 2.75) is 18.7 Å². The van der Waals surface area contributed by atoms with Crippen LogP contribution in [0.2, 0.25) is 0 Å². The van der Waals surface area contributed by atoms with Crippen molar-refractivity contribution in [2.75, 3.05) is 26.0 Å². The molecule has 2 aromatic carbocycles. The Morgan fingerprint density at radius 3 is 2.22 bits per heavy atom. The SMILES string of the molecule is CCOC(=O)c1c(-c2ccc(C)cc2)csc1NC(=O)c1ccc(S(=O)(=O)N(C)C)cc1. The fraction of sp³-hybridized carbons (Fsp3) is 0.217. The third kappa shape index (κ3) is 4.90. The van der Waals surface area contributed by atoms with Crippen LogP contribution in [0.4, 0.5) is 5.00 Å². The van der Waals surface area contributed by atoms with Gasteiger partial charge in [0.15, 0.2) is 0 Å². The van der Waals surface area contributed by atoms with E-state index in [0.717, 1.165) is 15.4 Å². The number of hydrogen-bond donors (Lipinski definition) is 1. The van der Waals surface area contributed by atoms with E-state index in [1.54, 1.807) is 12.3 Å². The fourth-order valence-electron chi connectivity index (χ4n) is 2.97. The van der Waals surface area contributed by atoms with Gasteiger partial charge in [0.1, 0.15) is 10.6 Å². The summed E-state index contributed by atoms with van der Waals surface area (Å²) < 4.78 is 30.8. The number of thiophene rings is 1. The van der Waals surface area contributed by atoms with Crippen LogP contribution in [0.3, 0.4) is 0 Å². The third-order valence-corrected chi connectivity index (χ3v) is 7.48. The van der Waals surface area contributed by atoms with Gasteiger partial charge in [0.05, 0.1) is 11.5 Å².